The maximum absolute atomic E-state index is 13.9. The summed E-state index contributed by atoms with van der Waals surface area (Å²) in [4.78, 5) is 48.7. The lowest BCUT2D eigenvalue weighted by atomic mass is 9.85. The maximum Gasteiger partial charge on any atom is 0.410 e. The molecule has 5 rings (SSSR count). The first-order chi connectivity index (χ1) is 18.1. The number of pyridine rings is 1. The Balaban J connectivity index is 1.40. The molecule has 1 saturated carbocycles. The maximum atomic E-state index is 13.9. The summed E-state index contributed by atoms with van der Waals surface area (Å²) in [7, 11) is 1.77. The summed E-state index contributed by atoms with van der Waals surface area (Å²) in [6.07, 6.45) is 8.31. The molecule has 1 aromatic heterocycles. The molecule has 0 bridgehead atoms. The van der Waals surface area contributed by atoms with Crippen molar-refractivity contribution in [1.82, 2.24) is 14.8 Å². The summed E-state index contributed by atoms with van der Waals surface area (Å²) in [6, 6.07) is 9.10. The molecular formula is C30H38N4O4. The van der Waals surface area contributed by atoms with Crippen LogP contribution in [-0.4, -0.2) is 57.9 Å². The fourth-order valence-corrected chi connectivity index (χ4v) is 5.65. The summed E-state index contributed by atoms with van der Waals surface area (Å²) >= 11 is 0. The molecule has 2 fully saturated rings. The van der Waals surface area contributed by atoms with Crippen LogP contribution in [0, 0.1) is 0 Å². The number of hydrogen-bond donors (Lipinski definition) is 0. The van der Waals surface area contributed by atoms with Crippen molar-refractivity contribution in [2.24, 2.45) is 0 Å². The van der Waals surface area contributed by atoms with Gasteiger partial charge in [0.2, 0.25) is 5.91 Å². The van der Waals surface area contributed by atoms with E-state index in [1.54, 1.807) is 22.9 Å². The lowest BCUT2D eigenvalue weighted by molar-refractivity contribution is -0.128. The zero-order valence-corrected chi connectivity index (χ0v) is 22.9. The van der Waals surface area contributed by atoms with Gasteiger partial charge in [0, 0.05) is 37.6 Å². The van der Waals surface area contributed by atoms with Gasteiger partial charge < -0.3 is 14.5 Å². The topological polar surface area (TPSA) is 83.1 Å². The van der Waals surface area contributed by atoms with Gasteiger partial charge in [-0.3, -0.25) is 19.5 Å². The van der Waals surface area contributed by atoms with E-state index < -0.39 is 17.7 Å². The van der Waals surface area contributed by atoms with E-state index in [4.69, 9.17) is 9.72 Å². The minimum Gasteiger partial charge on any atom is -0.444 e. The lowest BCUT2D eigenvalue weighted by Gasteiger charge is -2.42. The van der Waals surface area contributed by atoms with Crippen LogP contribution in [0.3, 0.4) is 0 Å². The molecule has 8 nitrogen and oxygen atoms in total. The second-order valence-corrected chi connectivity index (χ2v) is 11.8. The molecule has 1 aliphatic carbocycles. The molecule has 0 spiro atoms. The predicted molar refractivity (Wildman–Crippen MR) is 145 cm³/mol. The van der Waals surface area contributed by atoms with Gasteiger partial charge in [0.25, 0.3) is 5.91 Å². The predicted octanol–water partition coefficient (Wildman–Crippen LogP) is 5.26. The first kappa shape index (κ1) is 26.2. The smallest absolute Gasteiger partial charge is 0.410 e. The molecule has 0 N–H and O–H groups in total. The van der Waals surface area contributed by atoms with E-state index in [2.05, 4.69) is 6.07 Å². The van der Waals surface area contributed by atoms with Crippen molar-refractivity contribution >= 4 is 23.6 Å². The Morgan fingerprint density at radius 3 is 2.47 bits per heavy atom. The zero-order valence-electron chi connectivity index (χ0n) is 22.9. The van der Waals surface area contributed by atoms with E-state index in [1.165, 1.54) is 42.6 Å². The van der Waals surface area contributed by atoms with Crippen LogP contribution in [0.1, 0.15) is 92.4 Å². The number of ether oxygens (including phenoxy) is 1. The standard InChI is InChI=1S/C30H38N4O4/c1-30(2,3)38-29(37)33-15-14-26(33)28(36)34(24-12-13-25-22(16-24)18-32(4)27(25)35)19-23-11-10-21(17-31-23)20-8-6-5-7-9-20/h10-13,16-17,20,26H,5-9,14-15,18-19H2,1-4H3/t26-/m1/s1. The van der Waals surface area contributed by atoms with Crippen molar-refractivity contribution in [2.75, 3.05) is 18.5 Å². The van der Waals surface area contributed by atoms with Gasteiger partial charge in [-0.05, 0) is 81.3 Å². The van der Waals surface area contributed by atoms with E-state index >= 15 is 0 Å². The number of anilines is 1. The molecule has 1 aromatic carbocycles. The summed E-state index contributed by atoms with van der Waals surface area (Å²) < 4.78 is 5.54. The normalized spacial score (nSPS) is 19.7. The highest BCUT2D eigenvalue weighted by Crippen LogP contribution is 2.33. The van der Waals surface area contributed by atoms with E-state index in [0.29, 0.717) is 36.7 Å². The molecule has 202 valence electrons. The molecule has 1 atom stereocenters. The number of aromatic nitrogens is 1. The van der Waals surface area contributed by atoms with Gasteiger partial charge >= 0.3 is 6.09 Å². The second kappa shape index (κ2) is 10.4. The number of fused-ring (bicyclic) bond motifs is 1. The van der Waals surface area contributed by atoms with Crippen molar-refractivity contribution in [3.63, 3.8) is 0 Å². The fraction of sp³-hybridized carbons (Fsp3) is 0.533. The van der Waals surface area contributed by atoms with Crippen LogP contribution in [0.5, 0.6) is 0 Å². The van der Waals surface area contributed by atoms with E-state index in [9.17, 15) is 14.4 Å². The molecule has 2 aliphatic heterocycles. The largest absolute Gasteiger partial charge is 0.444 e. The van der Waals surface area contributed by atoms with Gasteiger partial charge in [0.05, 0.1) is 12.2 Å². The van der Waals surface area contributed by atoms with Gasteiger partial charge in [-0.25, -0.2) is 4.79 Å². The first-order valence-corrected chi connectivity index (χ1v) is 13.7. The molecule has 0 radical (unpaired) electrons. The van der Waals surface area contributed by atoms with Gasteiger partial charge in [-0.15, -0.1) is 0 Å². The van der Waals surface area contributed by atoms with E-state index in [1.807, 2.05) is 45.2 Å². The number of hydrogen-bond acceptors (Lipinski definition) is 5. The first-order valence-electron chi connectivity index (χ1n) is 13.7. The Morgan fingerprint density at radius 2 is 1.84 bits per heavy atom. The molecule has 3 amide bonds. The van der Waals surface area contributed by atoms with Crippen LogP contribution >= 0.6 is 0 Å². The fourth-order valence-electron chi connectivity index (χ4n) is 5.65. The third-order valence-corrected chi connectivity index (χ3v) is 7.83. The zero-order chi connectivity index (χ0) is 27.0. The Labute approximate surface area is 225 Å². The number of likely N-dealkylation sites (tertiary alicyclic amines) is 1. The molecule has 38 heavy (non-hydrogen) atoms. The number of carbonyl (C=O) groups is 3. The summed E-state index contributed by atoms with van der Waals surface area (Å²) in [6.45, 7) is 6.73. The van der Waals surface area contributed by atoms with Crippen molar-refractivity contribution < 1.29 is 19.1 Å². The highest BCUT2D eigenvalue weighted by molar-refractivity contribution is 6.02. The Bertz CT molecular complexity index is 1210. The highest BCUT2D eigenvalue weighted by Gasteiger charge is 2.42. The third kappa shape index (κ3) is 5.40. The van der Waals surface area contributed by atoms with Crippen LogP contribution in [0.2, 0.25) is 0 Å². The molecule has 8 heteroatoms. The van der Waals surface area contributed by atoms with Gasteiger partial charge in [-0.2, -0.15) is 0 Å². The van der Waals surface area contributed by atoms with Crippen LogP contribution < -0.4 is 4.90 Å². The van der Waals surface area contributed by atoms with E-state index in [0.717, 1.165) is 11.3 Å². The average Bonchev–Trinajstić information content (AvgIpc) is 3.14. The molecule has 1 saturated heterocycles. The lowest BCUT2D eigenvalue weighted by Crippen LogP contribution is -2.59. The Hall–Kier alpha value is -3.42. The molecule has 3 aliphatic rings. The van der Waals surface area contributed by atoms with Crippen molar-refractivity contribution in [3.8, 4) is 0 Å². The number of carbonyl (C=O) groups excluding carboxylic acids is 3. The monoisotopic (exact) mass is 518 g/mol. The molecule has 2 aromatic rings. The summed E-state index contributed by atoms with van der Waals surface area (Å²) in [5.74, 6) is 0.379. The number of rotatable bonds is 5. The third-order valence-electron chi connectivity index (χ3n) is 7.83. The number of benzene rings is 1. The Morgan fingerprint density at radius 1 is 1.08 bits per heavy atom. The SMILES string of the molecule is CN1Cc2cc(N(Cc3ccc(C4CCCCC4)cn3)C(=O)[C@H]3CCN3C(=O)OC(C)(C)C)ccc2C1=O. The quantitative estimate of drug-likeness (QED) is 0.539. The molecule has 3 heterocycles. The van der Waals surface area contributed by atoms with Crippen LogP contribution in [-0.2, 0) is 22.6 Å². The average molecular weight is 519 g/mol. The molecular weight excluding hydrogens is 480 g/mol. The minimum absolute atomic E-state index is 0.0144. The summed E-state index contributed by atoms with van der Waals surface area (Å²) in [5, 5.41) is 0. The Kier molecular flexibility index (Phi) is 7.16. The van der Waals surface area contributed by atoms with Gasteiger partial charge in [-0.1, -0.05) is 25.3 Å². The van der Waals surface area contributed by atoms with Crippen molar-refractivity contribution in [2.45, 2.75) is 89.9 Å². The van der Waals surface area contributed by atoms with Crippen molar-refractivity contribution in [3.05, 3.63) is 58.9 Å². The number of nitrogens with zero attached hydrogens (tertiary/aromatic N) is 4. The second-order valence-electron chi connectivity index (χ2n) is 11.8. The van der Waals surface area contributed by atoms with E-state index in [-0.39, 0.29) is 18.4 Å². The van der Waals surface area contributed by atoms with Crippen LogP contribution in [0.25, 0.3) is 0 Å². The van der Waals surface area contributed by atoms with Gasteiger partial charge in [0.1, 0.15) is 11.6 Å². The molecule has 0 unspecified atom stereocenters. The summed E-state index contributed by atoms with van der Waals surface area (Å²) in [5.41, 5.74) is 3.67. The van der Waals surface area contributed by atoms with Gasteiger partial charge in [0.15, 0.2) is 0 Å². The van der Waals surface area contributed by atoms with Crippen LogP contribution in [0.15, 0.2) is 36.5 Å². The van der Waals surface area contributed by atoms with Crippen LogP contribution in [0.4, 0.5) is 10.5 Å². The number of amides is 3. The minimum atomic E-state index is -0.636. The van der Waals surface area contributed by atoms with Crippen molar-refractivity contribution in [1.29, 1.82) is 0 Å². The highest BCUT2D eigenvalue weighted by atomic mass is 16.6.